The standard InChI is InChI=1S/C25H28O6/c1-15(2)31-24(27)25(12-13-25)14-30-22-19(9-11-21(28-3)23(22)29-4)16-6-5-7-18-17(16)8-10-20(18)26/h5-7,9,11,15H,8,10,12-14H2,1-4H3/i4D3. The number of rotatable bonds is 8. The highest BCUT2D eigenvalue weighted by molar-refractivity contribution is 6.02. The average molecular weight is 428 g/mol. The van der Waals surface area contributed by atoms with Gasteiger partial charge in [-0.15, -0.1) is 0 Å². The lowest BCUT2D eigenvalue weighted by atomic mass is 9.95. The van der Waals surface area contributed by atoms with Crippen LogP contribution in [0, 0.1) is 5.41 Å². The minimum atomic E-state index is -2.76. The van der Waals surface area contributed by atoms with E-state index >= 15 is 0 Å². The summed E-state index contributed by atoms with van der Waals surface area (Å²) in [4.78, 5) is 25.0. The molecule has 0 unspecified atom stereocenters. The molecule has 164 valence electrons. The van der Waals surface area contributed by atoms with Gasteiger partial charge in [-0.3, -0.25) is 9.59 Å². The van der Waals surface area contributed by atoms with Crippen molar-refractivity contribution in [3.05, 3.63) is 41.5 Å². The zero-order valence-corrected chi connectivity index (χ0v) is 17.9. The van der Waals surface area contributed by atoms with Crippen LogP contribution in [0.25, 0.3) is 11.1 Å². The quantitative estimate of drug-likeness (QED) is 0.573. The lowest BCUT2D eigenvalue weighted by Gasteiger charge is -2.22. The van der Waals surface area contributed by atoms with Crippen molar-refractivity contribution in [3.8, 4) is 28.4 Å². The van der Waals surface area contributed by atoms with E-state index in [9.17, 15) is 9.59 Å². The molecule has 31 heavy (non-hydrogen) atoms. The Labute approximate surface area is 186 Å². The first-order chi connectivity index (χ1) is 16.0. The molecule has 2 aliphatic carbocycles. The number of hydrogen-bond acceptors (Lipinski definition) is 6. The van der Waals surface area contributed by atoms with Gasteiger partial charge in [0.15, 0.2) is 17.3 Å². The zero-order valence-electron chi connectivity index (χ0n) is 20.9. The Morgan fingerprint density at radius 3 is 2.52 bits per heavy atom. The first kappa shape index (κ1) is 17.6. The Balaban J connectivity index is 1.80. The van der Waals surface area contributed by atoms with E-state index in [1.165, 1.54) is 7.11 Å². The van der Waals surface area contributed by atoms with E-state index in [2.05, 4.69) is 0 Å². The summed E-state index contributed by atoms with van der Waals surface area (Å²) in [7, 11) is -1.35. The van der Waals surface area contributed by atoms with E-state index in [0.717, 1.165) is 11.1 Å². The van der Waals surface area contributed by atoms with E-state index in [-0.39, 0.29) is 41.7 Å². The lowest BCUT2D eigenvalue weighted by Crippen LogP contribution is -2.28. The second-order valence-electron chi connectivity index (χ2n) is 8.35. The highest BCUT2D eigenvalue weighted by Crippen LogP contribution is 2.51. The average Bonchev–Trinajstić information content (AvgIpc) is 3.47. The van der Waals surface area contributed by atoms with Crippen LogP contribution in [-0.4, -0.2) is 38.6 Å². The van der Waals surface area contributed by atoms with Crippen LogP contribution in [0.5, 0.6) is 17.2 Å². The van der Waals surface area contributed by atoms with Gasteiger partial charge in [-0.2, -0.15) is 0 Å². The van der Waals surface area contributed by atoms with Crippen LogP contribution in [-0.2, 0) is 16.0 Å². The fraction of sp³-hybridized carbons (Fsp3) is 0.440. The van der Waals surface area contributed by atoms with Gasteiger partial charge in [-0.05, 0) is 56.4 Å². The Morgan fingerprint density at radius 1 is 1.06 bits per heavy atom. The minimum Gasteiger partial charge on any atom is -0.493 e. The number of Topliss-reactive ketones (excluding diaryl/α,β-unsaturated/α-hetero) is 1. The van der Waals surface area contributed by atoms with Crippen LogP contribution < -0.4 is 14.2 Å². The van der Waals surface area contributed by atoms with Crippen molar-refractivity contribution in [3.63, 3.8) is 0 Å². The zero-order chi connectivity index (χ0) is 24.7. The van der Waals surface area contributed by atoms with Crippen molar-refractivity contribution in [2.75, 3.05) is 20.8 Å². The summed E-state index contributed by atoms with van der Waals surface area (Å²) in [6.07, 6.45) is 1.97. The van der Waals surface area contributed by atoms with Gasteiger partial charge in [0.1, 0.15) is 12.0 Å². The van der Waals surface area contributed by atoms with Gasteiger partial charge in [0.2, 0.25) is 5.75 Å². The van der Waals surface area contributed by atoms with E-state index in [1.807, 2.05) is 6.07 Å². The Hall–Kier alpha value is -3.02. The number of carbonyl (C=O) groups excluding carboxylic acids is 2. The third-order valence-corrected chi connectivity index (χ3v) is 5.89. The van der Waals surface area contributed by atoms with Gasteiger partial charge in [-0.1, -0.05) is 18.2 Å². The van der Waals surface area contributed by atoms with Crippen LogP contribution in [0.1, 0.15) is 53.1 Å². The third-order valence-electron chi connectivity index (χ3n) is 5.89. The van der Waals surface area contributed by atoms with Gasteiger partial charge < -0.3 is 18.9 Å². The summed E-state index contributed by atoms with van der Waals surface area (Å²) in [6, 6.07) is 8.81. The van der Waals surface area contributed by atoms with Crippen LogP contribution in [0.4, 0.5) is 0 Å². The highest BCUT2D eigenvalue weighted by Gasteiger charge is 2.53. The first-order valence-corrected chi connectivity index (χ1v) is 10.4. The molecule has 6 nitrogen and oxygen atoms in total. The molecule has 0 amide bonds. The molecule has 1 saturated carbocycles. The Morgan fingerprint density at radius 2 is 1.84 bits per heavy atom. The van der Waals surface area contributed by atoms with Gasteiger partial charge in [0.05, 0.1) is 24.4 Å². The maximum Gasteiger partial charge on any atom is 0.315 e. The molecule has 0 N–H and O–H groups in total. The summed E-state index contributed by atoms with van der Waals surface area (Å²) < 4.78 is 45.3. The fourth-order valence-corrected chi connectivity index (χ4v) is 4.01. The second-order valence-corrected chi connectivity index (χ2v) is 8.35. The first-order valence-electron chi connectivity index (χ1n) is 11.9. The fourth-order valence-electron chi connectivity index (χ4n) is 4.01. The number of hydrogen-bond donors (Lipinski definition) is 0. The highest BCUT2D eigenvalue weighted by atomic mass is 16.6. The summed E-state index contributed by atoms with van der Waals surface area (Å²) in [6.45, 7) is 3.58. The molecule has 2 aromatic rings. The molecule has 6 heteroatoms. The number of ketones is 1. The number of fused-ring (bicyclic) bond motifs is 1. The summed E-state index contributed by atoms with van der Waals surface area (Å²) in [5, 5.41) is 0. The molecule has 0 saturated heterocycles. The molecule has 0 aromatic heterocycles. The van der Waals surface area contributed by atoms with E-state index in [4.69, 9.17) is 23.1 Å². The van der Waals surface area contributed by atoms with Crippen molar-refractivity contribution in [2.45, 2.75) is 45.6 Å². The molecule has 0 radical (unpaired) electrons. The Bertz CT molecular complexity index is 1120. The number of carbonyl (C=O) groups is 2. The molecule has 0 spiro atoms. The molecule has 0 heterocycles. The predicted molar refractivity (Wildman–Crippen MR) is 116 cm³/mol. The third kappa shape index (κ3) is 3.87. The van der Waals surface area contributed by atoms with Gasteiger partial charge in [-0.25, -0.2) is 0 Å². The van der Waals surface area contributed by atoms with Crippen LogP contribution in [0.2, 0.25) is 0 Å². The number of esters is 1. The van der Waals surface area contributed by atoms with Crippen molar-refractivity contribution in [1.29, 1.82) is 0 Å². The lowest BCUT2D eigenvalue weighted by molar-refractivity contribution is -0.155. The maximum atomic E-state index is 12.7. The molecular formula is C25H28O6. The number of ether oxygens (including phenoxy) is 4. The molecule has 4 rings (SSSR count). The van der Waals surface area contributed by atoms with Gasteiger partial charge in [0.25, 0.3) is 0 Å². The molecular weight excluding hydrogens is 396 g/mol. The van der Waals surface area contributed by atoms with Gasteiger partial charge >= 0.3 is 5.97 Å². The van der Waals surface area contributed by atoms with Crippen molar-refractivity contribution in [2.24, 2.45) is 5.41 Å². The van der Waals surface area contributed by atoms with Crippen molar-refractivity contribution >= 4 is 11.8 Å². The molecule has 2 aromatic carbocycles. The molecule has 0 atom stereocenters. The predicted octanol–water partition coefficient (Wildman–Crippen LogP) is 4.61. The second kappa shape index (κ2) is 8.25. The maximum absolute atomic E-state index is 12.7. The van der Waals surface area contributed by atoms with Crippen LogP contribution >= 0.6 is 0 Å². The van der Waals surface area contributed by atoms with Crippen LogP contribution in [0.3, 0.4) is 0 Å². The largest absolute Gasteiger partial charge is 0.493 e. The topological polar surface area (TPSA) is 71.1 Å². The Kier molecular flexibility index (Phi) is 4.69. The normalized spacial score (nSPS) is 17.9. The van der Waals surface area contributed by atoms with Crippen molar-refractivity contribution < 1.29 is 32.6 Å². The van der Waals surface area contributed by atoms with E-state index < -0.39 is 12.5 Å². The van der Waals surface area contributed by atoms with E-state index in [1.54, 1.807) is 38.1 Å². The summed E-state index contributed by atoms with van der Waals surface area (Å²) in [5.41, 5.74) is 2.07. The van der Waals surface area contributed by atoms with Crippen LogP contribution in [0.15, 0.2) is 30.3 Å². The van der Waals surface area contributed by atoms with Gasteiger partial charge in [0, 0.05) is 17.5 Å². The summed E-state index contributed by atoms with van der Waals surface area (Å²) >= 11 is 0. The van der Waals surface area contributed by atoms with Crippen molar-refractivity contribution in [1.82, 2.24) is 0 Å². The number of benzene rings is 2. The smallest absolute Gasteiger partial charge is 0.315 e. The molecule has 2 aliphatic rings. The molecule has 0 aliphatic heterocycles. The molecule has 1 fully saturated rings. The number of methoxy groups -OCH3 is 2. The monoisotopic (exact) mass is 427 g/mol. The SMILES string of the molecule is [2H]C([2H])([2H])Oc1c(OC)ccc(-c2cccc3c2CCC3=O)c1OCC1(C(=O)OC(C)C)CC1. The molecule has 0 bridgehead atoms. The van der Waals surface area contributed by atoms with E-state index in [0.29, 0.717) is 36.8 Å². The summed E-state index contributed by atoms with van der Waals surface area (Å²) in [5.74, 6) is 0.00604. The minimum absolute atomic E-state index is 0.00400.